The first-order chi connectivity index (χ1) is 16.0. The summed E-state index contributed by atoms with van der Waals surface area (Å²) in [7, 11) is 0. The van der Waals surface area contributed by atoms with E-state index < -0.39 is 17.8 Å². The summed E-state index contributed by atoms with van der Waals surface area (Å²) in [5, 5.41) is 6.96. The van der Waals surface area contributed by atoms with Gasteiger partial charge >= 0.3 is 12.2 Å². The quantitative estimate of drug-likeness (QED) is 0.510. The molecule has 0 aromatic carbocycles. The van der Waals surface area contributed by atoms with Gasteiger partial charge in [0.15, 0.2) is 5.65 Å². The molecule has 0 saturated carbocycles. The number of piperidine rings is 1. The van der Waals surface area contributed by atoms with E-state index in [-0.39, 0.29) is 18.1 Å². The Labute approximate surface area is 200 Å². The van der Waals surface area contributed by atoms with Gasteiger partial charge in [0.25, 0.3) is 0 Å². The number of imidazole rings is 1. The highest BCUT2D eigenvalue weighted by Crippen LogP contribution is 2.31. The highest BCUT2D eigenvalue weighted by molar-refractivity contribution is 5.86. The second-order valence-electron chi connectivity index (χ2n) is 10.6. The molecular formula is C24H36N6O4. The van der Waals surface area contributed by atoms with Crippen LogP contribution in [0.2, 0.25) is 0 Å². The number of anilines is 1. The molecule has 0 radical (unpaired) electrons. The van der Waals surface area contributed by atoms with Crippen LogP contribution in [0, 0.1) is 12.8 Å². The van der Waals surface area contributed by atoms with Crippen molar-refractivity contribution in [3.05, 3.63) is 18.1 Å². The number of hydrogen-bond donors (Lipinski definition) is 2. The zero-order valence-electron chi connectivity index (χ0n) is 20.9. The van der Waals surface area contributed by atoms with E-state index in [1.807, 2.05) is 19.3 Å². The third kappa shape index (κ3) is 5.27. The van der Waals surface area contributed by atoms with Crippen LogP contribution < -0.4 is 10.6 Å². The predicted molar refractivity (Wildman–Crippen MR) is 129 cm³/mol. The van der Waals surface area contributed by atoms with Gasteiger partial charge in [-0.1, -0.05) is 0 Å². The molecule has 34 heavy (non-hydrogen) atoms. The van der Waals surface area contributed by atoms with Crippen molar-refractivity contribution in [3.63, 3.8) is 0 Å². The van der Waals surface area contributed by atoms with Crippen LogP contribution in [0.1, 0.15) is 59.2 Å². The summed E-state index contributed by atoms with van der Waals surface area (Å²) < 4.78 is 12.3. The van der Waals surface area contributed by atoms with E-state index in [4.69, 9.17) is 14.5 Å². The van der Waals surface area contributed by atoms with Gasteiger partial charge < -0.3 is 29.6 Å². The normalized spacial score (nSPS) is 21.4. The molecule has 4 rings (SSSR count). The standard InChI is InChI=1S/C24H36N6O4/c1-14(2)30-13-26-20-18(9-15(3)27-21(20)30)28-17-7-8-29(19(10-17)16-11-25-12-16)22(31)33-23(32)34-24(4,5)6/h9,13-14,16-17,19,25H,7-8,10-12H2,1-6H3,(H,27,28). The van der Waals surface area contributed by atoms with Gasteiger partial charge in [-0.15, -0.1) is 0 Å². The highest BCUT2D eigenvalue weighted by atomic mass is 16.8. The van der Waals surface area contributed by atoms with Crippen molar-refractivity contribution >= 4 is 29.1 Å². The van der Waals surface area contributed by atoms with Crippen LogP contribution in [-0.2, 0) is 9.47 Å². The molecule has 0 bridgehead atoms. The van der Waals surface area contributed by atoms with E-state index >= 15 is 0 Å². The molecule has 0 spiro atoms. The third-order valence-electron chi connectivity index (χ3n) is 6.37. The lowest BCUT2D eigenvalue weighted by Crippen LogP contribution is -2.60. The summed E-state index contributed by atoms with van der Waals surface area (Å²) in [6.45, 7) is 13.6. The topological polar surface area (TPSA) is 111 Å². The summed E-state index contributed by atoms with van der Waals surface area (Å²) in [4.78, 5) is 35.9. The highest BCUT2D eigenvalue weighted by Gasteiger charge is 2.40. The number of likely N-dealkylation sites (tertiary alicyclic amines) is 1. The molecule has 1 amide bonds. The lowest BCUT2D eigenvalue weighted by atomic mass is 9.84. The van der Waals surface area contributed by atoms with Gasteiger partial charge in [0, 0.05) is 49.4 Å². The van der Waals surface area contributed by atoms with Crippen molar-refractivity contribution in [1.82, 2.24) is 24.8 Å². The van der Waals surface area contributed by atoms with Gasteiger partial charge in [-0.2, -0.15) is 0 Å². The van der Waals surface area contributed by atoms with Crippen LogP contribution in [0.3, 0.4) is 0 Å². The monoisotopic (exact) mass is 472 g/mol. The molecule has 2 fully saturated rings. The zero-order chi connectivity index (χ0) is 24.6. The van der Waals surface area contributed by atoms with Crippen molar-refractivity contribution in [1.29, 1.82) is 0 Å². The van der Waals surface area contributed by atoms with Crippen LogP contribution in [0.25, 0.3) is 11.2 Å². The fourth-order valence-electron chi connectivity index (χ4n) is 4.63. The van der Waals surface area contributed by atoms with Gasteiger partial charge in [0.2, 0.25) is 0 Å². The Bertz CT molecular complexity index is 1060. The summed E-state index contributed by atoms with van der Waals surface area (Å²) in [6, 6.07) is 2.42. The Balaban J connectivity index is 1.48. The fraction of sp³-hybridized carbons (Fsp3) is 0.667. The lowest BCUT2D eigenvalue weighted by Gasteiger charge is -2.46. The van der Waals surface area contributed by atoms with Gasteiger partial charge in [-0.3, -0.25) is 0 Å². The number of ether oxygens (including phenoxy) is 2. The van der Waals surface area contributed by atoms with Crippen molar-refractivity contribution in [3.8, 4) is 0 Å². The molecular weight excluding hydrogens is 436 g/mol. The van der Waals surface area contributed by atoms with E-state index in [1.165, 1.54) is 0 Å². The molecule has 2 N–H and O–H groups in total. The van der Waals surface area contributed by atoms with Crippen LogP contribution in [0.5, 0.6) is 0 Å². The van der Waals surface area contributed by atoms with E-state index in [0.29, 0.717) is 12.5 Å². The molecule has 2 aromatic heterocycles. The minimum atomic E-state index is -0.960. The Morgan fingerprint density at radius 1 is 1.26 bits per heavy atom. The summed E-state index contributed by atoms with van der Waals surface area (Å²) >= 11 is 0. The molecule has 2 aromatic rings. The minimum absolute atomic E-state index is 0.0333. The first kappa shape index (κ1) is 24.3. The third-order valence-corrected chi connectivity index (χ3v) is 6.37. The first-order valence-electron chi connectivity index (χ1n) is 12.0. The van der Waals surface area contributed by atoms with Gasteiger partial charge in [-0.05, 0) is 60.5 Å². The smallest absolute Gasteiger partial charge is 0.428 e. The molecule has 4 heterocycles. The molecule has 0 aliphatic carbocycles. The van der Waals surface area contributed by atoms with Gasteiger partial charge in [0.1, 0.15) is 11.1 Å². The van der Waals surface area contributed by atoms with Gasteiger partial charge in [0.05, 0.1) is 12.0 Å². The average molecular weight is 473 g/mol. The largest absolute Gasteiger partial charge is 0.517 e. The van der Waals surface area contributed by atoms with Crippen LogP contribution in [0.4, 0.5) is 15.3 Å². The Hall–Kier alpha value is -2.88. The van der Waals surface area contributed by atoms with E-state index in [0.717, 1.165) is 48.5 Å². The SMILES string of the molecule is Cc1cc(NC2CCN(C(=O)OC(=O)OC(C)(C)C)C(C3CNC3)C2)c2ncn(C(C)C)c2n1. The Morgan fingerprint density at radius 3 is 2.62 bits per heavy atom. The number of hydrogen-bond acceptors (Lipinski definition) is 8. The number of nitrogens with one attached hydrogen (secondary N) is 2. The minimum Gasteiger partial charge on any atom is -0.428 e. The lowest BCUT2D eigenvalue weighted by molar-refractivity contribution is -0.00643. The molecule has 10 heteroatoms. The summed E-state index contributed by atoms with van der Waals surface area (Å²) in [5.41, 5.74) is 2.89. The number of nitrogens with zero attached hydrogens (tertiary/aromatic N) is 4. The maximum Gasteiger partial charge on any atom is 0.517 e. The molecule has 10 nitrogen and oxygen atoms in total. The molecule has 2 saturated heterocycles. The van der Waals surface area contributed by atoms with Crippen LogP contribution in [0.15, 0.2) is 12.4 Å². The zero-order valence-corrected chi connectivity index (χ0v) is 20.9. The van der Waals surface area contributed by atoms with Crippen molar-refractivity contribution in [2.45, 2.75) is 78.1 Å². The van der Waals surface area contributed by atoms with Crippen LogP contribution >= 0.6 is 0 Å². The summed E-state index contributed by atoms with van der Waals surface area (Å²) in [6.07, 6.45) is 1.73. The van der Waals surface area contributed by atoms with E-state index in [2.05, 4.69) is 34.0 Å². The number of aryl methyl sites for hydroxylation is 1. The molecule has 186 valence electrons. The second-order valence-corrected chi connectivity index (χ2v) is 10.6. The average Bonchev–Trinajstić information content (AvgIpc) is 3.09. The van der Waals surface area contributed by atoms with Gasteiger partial charge in [-0.25, -0.2) is 19.6 Å². The number of carbonyl (C=O) groups is 2. The van der Waals surface area contributed by atoms with E-state index in [1.54, 1.807) is 25.7 Å². The maximum absolute atomic E-state index is 12.8. The number of fused-ring (bicyclic) bond motifs is 1. The van der Waals surface area contributed by atoms with Crippen molar-refractivity contribution in [2.24, 2.45) is 5.92 Å². The predicted octanol–water partition coefficient (Wildman–Crippen LogP) is 3.86. The Kier molecular flexibility index (Phi) is 6.71. The van der Waals surface area contributed by atoms with Crippen LogP contribution in [-0.4, -0.2) is 69.0 Å². The number of amides is 1. The molecule has 2 aliphatic rings. The molecule has 2 aliphatic heterocycles. The number of aromatic nitrogens is 3. The number of rotatable bonds is 4. The molecule has 2 atom stereocenters. The fourth-order valence-corrected chi connectivity index (χ4v) is 4.63. The van der Waals surface area contributed by atoms with Crippen molar-refractivity contribution in [2.75, 3.05) is 25.0 Å². The maximum atomic E-state index is 12.8. The van der Waals surface area contributed by atoms with E-state index in [9.17, 15) is 9.59 Å². The second kappa shape index (κ2) is 9.40. The molecule has 2 unspecified atom stereocenters. The number of pyridine rings is 1. The van der Waals surface area contributed by atoms with Crippen molar-refractivity contribution < 1.29 is 19.1 Å². The Morgan fingerprint density at radius 2 is 2.00 bits per heavy atom. The number of carbonyl (C=O) groups excluding carboxylic acids is 2. The summed E-state index contributed by atoms with van der Waals surface area (Å²) in [5.74, 6) is 0.315. The first-order valence-corrected chi connectivity index (χ1v) is 12.0.